The predicted octanol–water partition coefficient (Wildman–Crippen LogP) is 1.44. The first-order chi connectivity index (χ1) is 11.0. The fourth-order valence-electron chi connectivity index (χ4n) is 3.34. The first-order valence-electron chi connectivity index (χ1n) is 8.07. The van der Waals surface area contributed by atoms with E-state index in [-0.39, 0.29) is 17.9 Å². The first-order valence-corrected chi connectivity index (χ1v) is 8.45. The second kappa shape index (κ2) is 6.49. The maximum atomic E-state index is 12.7. The highest BCUT2D eigenvalue weighted by atomic mass is 35.5. The second-order valence-corrected chi connectivity index (χ2v) is 7.02. The van der Waals surface area contributed by atoms with Gasteiger partial charge in [0.15, 0.2) is 0 Å². The van der Waals surface area contributed by atoms with Gasteiger partial charge >= 0.3 is 0 Å². The molecule has 3 rings (SSSR count). The van der Waals surface area contributed by atoms with Crippen LogP contribution in [0.4, 0.5) is 0 Å². The summed E-state index contributed by atoms with van der Waals surface area (Å²) in [5, 5.41) is 3.86. The molecule has 0 bridgehead atoms. The molecule has 0 atom stereocenters. The van der Waals surface area contributed by atoms with E-state index in [2.05, 4.69) is 5.32 Å². The van der Waals surface area contributed by atoms with Gasteiger partial charge in [-0.15, -0.1) is 0 Å². The van der Waals surface area contributed by atoms with Crippen LogP contribution < -0.4 is 11.1 Å². The average molecular weight is 336 g/mol. The monoisotopic (exact) mass is 335 g/mol. The summed E-state index contributed by atoms with van der Waals surface area (Å²) in [6.07, 6.45) is 3.45. The number of rotatable bonds is 5. The molecule has 0 radical (unpaired) electrons. The van der Waals surface area contributed by atoms with E-state index in [0.29, 0.717) is 11.6 Å². The number of halogens is 1. The Morgan fingerprint density at radius 3 is 2.57 bits per heavy atom. The van der Waals surface area contributed by atoms with E-state index >= 15 is 0 Å². The molecule has 23 heavy (non-hydrogen) atoms. The Kier molecular flexibility index (Phi) is 4.60. The molecule has 1 aliphatic carbocycles. The molecule has 3 N–H and O–H groups in total. The molecular weight excluding hydrogens is 314 g/mol. The molecule has 1 heterocycles. The van der Waals surface area contributed by atoms with Crippen LogP contribution in [-0.2, 0) is 15.0 Å². The Morgan fingerprint density at radius 1 is 1.30 bits per heavy atom. The van der Waals surface area contributed by atoms with E-state index < -0.39 is 5.41 Å². The second-order valence-electron chi connectivity index (χ2n) is 6.58. The zero-order chi connectivity index (χ0) is 16.4. The number of hydrogen-bond donors (Lipinski definition) is 2. The van der Waals surface area contributed by atoms with Gasteiger partial charge in [-0.1, -0.05) is 23.7 Å². The molecule has 1 saturated heterocycles. The van der Waals surface area contributed by atoms with Crippen LogP contribution in [0.25, 0.3) is 0 Å². The van der Waals surface area contributed by atoms with Crippen molar-refractivity contribution in [3.8, 4) is 0 Å². The highest BCUT2D eigenvalue weighted by Gasteiger charge is 2.51. The van der Waals surface area contributed by atoms with Gasteiger partial charge in [-0.3, -0.25) is 14.5 Å². The zero-order valence-corrected chi connectivity index (χ0v) is 13.8. The summed E-state index contributed by atoms with van der Waals surface area (Å²) >= 11 is 6.06. The van der Waals surface area contributed by atoms with Crippen LogP contribution >= 0.6 is 11.6 Å². The van der Waals surface area contributed by atoms with Crippen molar-refractivity contribution in [2.75, 3.05) is 19.6 Å². The van der Waals surface area contributed by atoms with Crippen LogP contribution in [0.3, 0.4) is 0 Å². The molecule has 2 fully saturated rings. The molecule has 6 heteroatoms. The van der Waals surface area contributed by atoms with Gasteiger partial charge < -0.3 is 11.1 Å². The smallest absolute Gasteiger partial charge is 0.231 e. The number of nitrogens with zero attached hydrogens (tertiary/aromatic N) is 1. The number of nitrogens with one attached hydrogen (secondary N) is 1. The summed E-state index contributed by atoms with van der Waals surface area (Å²) in [4.78, 5) is 25.7. The van der Waals surface area contributed by atoms with Crippen molar-refractivity contribution in [1.29, 1.82) is 0 Å². The highest BCUT2D eigenvalue weighted by molar-refractivity contribution is 6.30. The van der Waals surface area contributed by atoms with Crippen molar-refractivity contribution in [1.82, 2.24) is 10.2 Å². The largest absolute Gasteiger partial charge is 0.369 e. The van der Waals surface area contributed by atoms with Gasteiger partial charge in [0, 0.05) is 24.2 Å². The zero-order valence-electron chi connectivity index (χ0n) is 13.1. The SMILES string of the molecule is NC(=O)CN1CCC(NC(=O)C2(c3cccc(Cl)c3)CC2)CC1. The van der Waals surface area contributed by atoms with Crippen molar-refractivity contribution in [2.45, 2.75) is 37.1 Å². The average Bonchev–Trinajstić information content (AvgIpc) is 3.30. The van der Waals surface area contributed by atoms with Crippen molar-refractivity contribution in [3.05, 3.63) is 34.9 Å². The summed E-state index contributed by atoms with van der Waals surface area (Å²) in [5.41, 5.74) is 5.83. The summed E-state index contributed by atoms with van der Waals surface area (Å²) in [6.45, 7) is 1.88. The van der Waals surface area contributed by atoms with Gasteiger partial charge in [0.2, 0.25) is 11.8 Å². The van der Waals surface area contributed by atoms with E-state index in [0.717, 1.165) is 44.3 Å². The number of carbonyl (C=O) groups excluding carboxylic acids is 2. The van der Waals surface area contributed by atoms with Crippen molar-refractivity contribution >= 4 is 23.4 Å². The van der Waals surface area contributed by atoms with Crippen LogP contribution in [0.5, 0.6) is 0 Å². The van der Waals surface area contributed by atoms with Crippen LogP contribution in [0.1, 0.15) is 31.2 Å². The third-order valence-electron chi connectivity index (χ3n) is 4.86. The van der Waals surface area contributed by atoms with Gasteiger partial charge in [0.05, 0.1) is 12.0 Å². The summed E-state index contributed by atoms with van der Waals surface area (Å²) in [6, 6.07) is 7.77. The lowest BCUT2D eigenvalue weighted by Gasteiger charge is -2.32. The van der Waals surface area contributed by atoms with E-state index in [1.165, 1.54) is 0 Å². The number of piperidine rings is 1. The van der Waals surface area contributed by atoms with E-state index in [9.17, 15) is 9.59 Å². The lowest BCUT2D eigenvalue weighted by atomic mass is 9.94. The molecule has 1 aliphatic heterocycles. The maximum Gasteiger partial charge on any atom is 0.231 e. The standard InChI is InChI=1S/C17H22ClN3O2/c18-13-3-1-2-12(10-13)17(6-7-17)16(23)20-14-4-8-21(9-5-14)11-15(19)22/h1-3,10,14H,4-9,11H2,(H2,19,22)(H,20,23). The van der Waals surface area contributed by atoms with Crippen molar-refractivity contribution < 1.29 is 9.59 Å². The summed E-state index contributed by atoms with van der Waals surface area (Å²) in [5.74, 6) is -0.196. The molecule has 0 aromatic heterocycles. The number of amides is 2. The lowest BCUT2D eigenvalue weighted by molar-refractivity contribution is -0.125. The molecule has 2 aliphatic rings. The Hall–Kier alpha value is -1.59. The Bertz CT molecular complexity index is 608. The quantitative estimate of drug-likeness (QED) is 0.855. The fourth-order valence-corrected chi connectivity index (χ4v) is 3.53. The van der Waals surface area contributed by atoms with E-state index in [4.69, 9.17) is 17.3 Å². The summed E-state index contributed by atoms with van der Waals surface area (Å²) in [7, 11) is 0. The van der Waals surface area contributed by atoms with Gasteiger partial charge in [-0.05, 0) is 43.4 Å². The third-order valence-corrected chi connectivity index (χ3v) is 5.10. The molecule has 1 aromatic rings. The van der Waals surface area contributed by atoms with Crippen LogP contribution in [-0.4, -0.2) is 42.4 Å². The van der Waals surface area contributed by atoms with Crippen LogP contribution in [0, 0.1) is 0 Å². The molecule has 1 aromatic carbocycles. The van der Waals surface area contributed by atoms with Gasteiger partial charge in [-0.25, -0.2) is 0 Å². The Morgan fingerprint density at radius 2 is 2.00 bits per heavy atom. The van der Waals surface area contributed by atoms with E-state index in [1.54, 1.807) is 0 Å². The van der Waals surface area contributed by atoms with Gasteiger partial charge in [-0.2, -0.15) is 0 Å². The predicted molar refractivity (Wildman–Crippen MR) is 89.2 cm³/mol. The van der Waals surface area contributed by atoms with Crippen molar-refractivity contribution in [3.63, 3.8) is 0 Å². The Labute approximate surface area is 141 Å². The summed E-state index contributed by atoms with van der Waals surface area (Å²) < 4.78 is 0. The normalized spacial score (nSPS) is 20.9. The number of likely N-dealkylation sites (tertiary alicyclic amines) is 1. The van der Waals surface area contributed by atoms with Gasteiger partial charge in [0.25, 0.3) is 0 Å². The number of hydrogen-bond acceptors (Lipinski definition) is 3. The van der Waals surface area contributed by atoms with Crippen LogP contribution in [0.2, 0.25) is 5.02 Å². The number of benzene rings is 1. The number of primary amides is 1. The first kappa shape index (κ1) is 16.3. The molecular formula is C17H22ClN3O2. The molecule has 5 nitrogen and oxygen atoms in total. The fraction of sp³-hybridized carbons (Fsp3) is 0.529. The van der Waals surface area contributed by atoms with Crippen LogP contribution in [0.15, 0.2) is 24.3 Å². The number of carbonyl (C=O) groups is 2. The highest BCUT2D eigenvalue weighted by Crippen LogP contribution is 2.49. The molecule has 2 amide bonds. The van der Waals surface area contributed by atoms with E-state index in [1.807, 2.05) is 29.2 Å². The minimum absolute atomic E-state index is 0.105. The minimum atomic E-state index is -0.394. The molecule has 0 unspecified atom stereocenters. The van der Waals surface area contributed by atoms with Crippen molar-refractivity contribution in [2.24, 2.45) is 5.73 Å². The molecule has 0 spiro atoms. The maximum absolute atomic E-state index is 12.7. The minimum Gasteiger partial charge on any atom is -0.369 e. The third kappa shape index (κ3) is 3.67. The Balaban J connectivity index is 1.57. The number of nitrogens with two attached hydrogens (primary N) is 1. The van der Waals surface area contributed by atoms with Gasteiger partial charge in [0.1, 0.15) is 0 Å². The molecule has 1 saturated carbocycles. The lowest BCUT2D eigenvalue weighted by Crippen LogP contribution is -2.49. The topological polar surface area (TPSA) is 75.4 Å². The molecule has 124 valence electrons.